The van der Waals surface area contributed by atoms with Gasteiger partial charge in [-0.15, -0.1) is 0 Å². The fourth-order valence-corrected chi connectivity index (χ4v) is 4.15. The van der Waals surface area contributed by atoms with Gasteiger partial charge >= 0.3 is 0 Å². The number of hydrogen-bond donors (Lipinski definition) is 2. The van der Waals surface area contributed by atoms with Gasteiger partial charge in [-0.2, -0.15) is 0 Å². The number of nitrogens with one attached hydrogen (secondary N) is 1. The molecule has 0 amide bonds. The van der Waals surface area contributed by atoms with Gasteiger partial charge in [0.1, 0.15) is 0 Å². The number of rotatable bonds is 4. The zero-order chi connectivity index (χ0) is 14.7. The van der Waals surface area contributed by atoms with Crippen LogP contribution in [0.1, 0.15) is 49.5 Å². The SMILES string of the molecule is Cc1ccccc1[C@@H](O)OC[C@@H]1CCC[NH+]2CCCC[C@H]12. The Hall–Kier alpha value is -0.900. The molecule has 4 atom stereocenters. The van der Waals surface area contributed by atoms with Crippen LogP contribution in [0, 0.1) is 12.8 Å². The molecule has 1 aromatic rings. The highest BCUT2D eigenvalue weighted by molar-refractivity contribution is 5.26. The fourth-order valence-electron chi connectivity index (χ4n) is 4.15. The smallest absolute Gasteiger partial charge is 0.181 e. The van der Waals surface area contributed by atoms with E-state index in [1.807, 2.05) is 31.2 Å². The largest absolute Gasteiger partial charge is 0.364 e. The summed E-state index contributed by atoms with van der Waals surface area (Å²) < 4.78 is 5.84. The number of aliphatic hydroxyl groups excluding tert-OH is 1. The molecule has 2 saturated heterocycles. The van der Waals surface area contributed by atoms with E-state index in [0.717, 1.165) is 17.2 Å². The van der Waals surface area contributed by atoms with E-state index < -0.39 is 6.29 Å². The van der Waals surface area contributed by atoms with Crippen molar-refractivity contribution in [3.8, 4) is 0 Å². The minimum atomic E-state index is -0.778. The highest BCUT2D eigenvalue weighted by Gasteiger charge is 2.36. The van der Waals surface area contributed by atoms with E-state index in [1.54, 1.807) is 4.90 Å². The Labute approximate surface area is 127 Å². The molecule has 2 aliphatic rings. The summed E-state index contributed by atoms with van der Waals surface area (Å²) >= 11 is 0. The van der Waals surface area contributed by atoms with Crippen molar-refractivity contribution in [1.29, 1.82) is 0 Å². The Morgan fingerprint density at radius 3 is 2.86 bits per heavy atom. The van der Waals surface area contributed by atoms with Gasteiger partial charge < -0.3 is 14.7 Å². The zero-order valence-electron chi connectivity index (χ0n) is 13.1. The van der Waals surface area contributed by atoms with Crippen molar-refractivity contribution >= 4 is 0 Å². The lowest BCUT2D eigenvalue weighted by Crippen LogP contribution is -3.18. The van der Waals surface area contributed by atoms with Crippen molar-refractivity contribution in [2.75, 3.05) is 19.7 Å². The van der Waals surface area contributed by atoms with E-state index in [2.05, 4.69) is 0 Å². The number of benzene rings is 1. The average molecular weight is 290 g/mol. The minimum Gasteiger partial charge on any atom is -0.364 e. The second kappa shape index (κ2) is 6.91. The van der Waals surface area contributed by atoms with Crippen molar-refractivity contribution in [2.45, 2.75) is 51.4 Å². The first-order valence-electron chi connectivity index (χ1n) is 8.45. The van der Waals surface area contributed by atoms with E-state index >= 15 is 0 Å². The quantitative estimate of drug-likeness (QED) is 0.830. The van der Waals surface area contributed by atoms with E-state index in [9.17, 15) is 5.11 Å². The third kappa shape index (κ3) is 3.47. The standard InChI is InChI=1S/C18H27NO2/c1-14-7-2-3-9-16(14)18(20)21-13-15-8-6-12-19-11-5-4-10-17(15)19/h2-3,7,9,15,17-18,20H,4-6,8,10-13H2,1H3/p+1/t15-,17+,18-/m0/s1. The molecule has 0 aliphatic carbocycles. The van der Waals surface area contributed by atoms with Crippen molar-refractivity contribution < 1.29 is 14.7 Å². The van der Waals surface area contributed by atoms with Gasteiger partial charge in [0, 0.05) is 11.5 Å². The summed E-state index contributed by atoms with van der Waals surface area (Å²) in [6.45, 7) is 5.39. The third-order valence-corrected chi connectivity index (χ3v) is 5.35. The average Bonchev–Trinajstić information content (AvgIpc) is 2.53. The molecule has 1 aromatic carbocycles. The predicted molar refractivity (Wildman–Crippen MR) is 83.2 cm³/mol. The Bertz CT molecular complexity index is 460. The molecule has 3 nitrogen and oxygen atoms in total. The highest BCUT2D eigenvalue weighted by Crippen LogP contribution is 2.24. The van der Waals surface area contributed by atoms with Crippen molar-refractivity contribution in [3.05, 3.63) is 35.4 Å². The maximum Gasteiger partial charge on any atom is 0.181 e. The lowest BCUT2D eigenvalue weighted by molar-refractivity contribution is -0.940. The van der Waals surface area contributed by atoms with Crippen LogP contribution in [0.25, 0.3) is 0 Å². The third-order valence-electron chi connectivity index (χ3n) is 5.35. The van der Waals surface area contributed by atoms with Crippen LogP contribution in [0.4, 0.5) is 0 Å². The van der Waals surface area contributed by atoms with Crippen molar-refractivity contribution in [2.24, 2.45) is 5.92 Å². The summed E-state index contributed by atoms with van der Waals surface area (Å²) in [6.07, 6.45) is 5.87. The van der Waals surface area contributed by atoms with Gasteiger partial charge in [0.05, 0.1) is 25.7 Å². The van der Waals surface area contributed by atoms with Gasteiger partial charge in [0.15, 0.2) is 6.29 Å². The minimum absolute atomic E-state index is 0.618. The topological polar surface area (TPSA) is 33.9 Å². The first-order valence-corrected chi connectivity index (χ1v) is 8.45. The van der Waals surface area contributed by atoms with Gasteiger partial charge in [0.25, 0.3) is 0 Å². The molecule has 116 valence electrons. The Morgan fingerprint density at radius 2 is 2.00 bits per heavy atom. The molecule has 0 bridgehead atoms. The van der Waals surface area contributed by atoms with Crippen LogP contribution in [0.2, 0.25) is 0 Å². The number of hydrogen-bond acceptors (Lipinski definition) is 2. The summed E-state index contributed by atoms with van der Waals surface area (Å²) in [6, 6.07) is 8.70. The molecule has 1 unspecified atom stereocenters. The molecule has 3 heteroatoms. The number of ether oxygens (including phenoxy) is 1. The van der Waals surface area contributed by atoms with Crippen LogP contribution >= 0.6 is 0 Å². The molecule has 3 rings (SSSR count). The first kappa shape index (κ1) is 15.0. The van der Waals surface area contributed by atoms with E-state index in [-0.39, 0.29) is 0 Å². The van der Waals surface area contributed by atoms with Crippen LogP contribution in [0.15, 0.2) is 24.3 Å². The van der Waals surface area contributed by atoms with Gasteiger partial charge in [-0.3, -0.25) is 0 Å². The summed E-state index contributed by atoms with van der Waals surface area (Å²) in [4.78, 5) is 1.78. The van der Waals surface area contributed by atoms with E-state index in [1.165, 1.54) is 45.2 Å². The summed E-state index contributed by atoms with van der Waals surface area (Å²) in [5, 5.41) is 10.3. The maximum atomic E-state index is 10.3. The number of piperidine rings is 2. The van der Waals surface area contributed by atoms with Gasteiger partial charge in [-0.05, 0) is 44.6 Å². The monoisotopic (exact) mass is 290 g/mol. The van der Waals surface area contributed by atoms with Crippen molar-refractivity contribution in [1.82, 2.24) is 0 Å². The van der Waals surface area contributed by atoms with Crippen LogP contribution in [-0.2, 0) is 4.74 Å². The second-order valence-electron chi connectivity index (χ2n) is 6.71. The molecule has 0 saturated carbocycles. The molecule has 2 N–H and O–H groups in total. The Morgan fingerprint density at radius 1 is 1.19 bits per heavy atom. The molecule has 21 heavy (non-hydrogen) atoms. The molecular formula is C18H28NO2+. The Kier molecular flexibility index (Phi) is 4.94. The second-order valence-corrected chi connectivity index (χ2v) is 6.71. The van der Waals surface area contributed by atoms with Crippen LogP contribution in [-0.4, -0.2) is 30.8 Å². The normalized spacial score (nSPS) is 30.7. The molecule has 2 aliphatic heterocycles. The fraction of sp³-hybridized carbons (Fsp3) is 0.667. The number of quaternary nitrogens is 1. The molecule has 0 aromatic heterocycles. The summed E-state index contributed by atoms with van der Waals surface area (Å²) in [5.41, 5.74) is 2.00. The van der Waals surface area contributed by atoms with Gasteiger partial charge in [-0.1, -0.05) is 24.3 Å². The van der Waals surface area contributed by atoms with E-state index in [4.69, 9.17) is 4.74 Å². The number of aryl methyl sites for hydroxylation is 1. The lowest BCUT2D eigenvalue weighted by Gasteiger charge is -2.41. The van der Waals surface area contributed by atoms with Gasteiger partial charge in [-0.25, -0.2) is 0 Å². The maximum absolute atomic E-state index is 10.3. The summed E-state index contributed by atoms with van der Waals surface area (Å²) in [7, 11) is 0. The summed E-state index contributed by atoms with van der Waals surface area (Å²) in [5.74, 6) is 0.618. The molecule has 0 radical (unpaired) electrons. The number of fused-ring (bicyclic) bond motifs is 1. The van der Waals surface area contributed by atoms with Gasteiger partial charge in [0.2, 0.25) is 0 Å². The highest BCUT2D eigenvalue weighted by atomic mass is 16.6. The zero-order valence-corrected chi connectivity index (χ0v) is 13.1. The predicted octanol–water partition coefficient (Wildman–Crippen LogP) is 1.85. The van der Waals surface area contributed by atoms with E-state index in [0.29, 0.717) is 12.5 Å². The lowest BCUT2D eigenvalue weighted by atomic mass is 9.84. The van der Waals surface area contributed by atoms with Crippen molar-refractivity contribution in [3.63, 3.8) is 0 Å². The van der Waals surface area contributed by atoms with Crippen LogP contribution in [0.5, 0.6) is 0 Å². The first-order chi connectivity index (χ1) is 10.3. The molecule has 2 heterocycles. The Balaban J connectivity index is 1.58. The van der Waals surface area contributed by atoms with Crippen LogP contribution in [0.3, 0.4) is 0 Å². The molecular weight excluding hydrogens is 262 g/mol. The molecule has 2 fully saturated rings. The number of aliphatic hydroxyl groups is 1. The molecule has 0 spiro atoms. The van der Waals surface area contributed by atoms with Crippen LogP contribution < -0.4 is 4.90 Å².